The Kier molecular flexibility index (Phi) is 4.18. The zero-order valence-corrected chi connectivity index (χ0v) is 8.89. The van der Waals surface area contributed by atoms with E-state index in [2.05, 4.69) is 12.1 Å². The molecule has 1 radical (unpaired) electrons. The van der Waals surface area contributed by atoms with Crippen LogP contribution in [-0.4, -0.2) is 12.9 Å². The van der Waals surface area contributed by atoms with Gasteiger partial charge >= 0.3 is 0 Å². The van der Waals surface area contributed by atoms with Crippen molar-refractivity contribution < 1.29 is 9.47 Å². The molecule has 1 saturated heterocycles. The smallest absolute Gasteiger partial charge is 0.158 e. The standard InChI is InChI=1S/C13H17O2/c1-2-6-12(7-3-1)9-11-15-13-8-4-5-10-14-13/h1-3,6-7,11,13H,4-5,8-10H2. The van der Waals surface area contributed by atoms with Gasteiger partial charge in [-0.15, -0.1) is 0 Å². The summed E-state index contributed by atoms with van der Waals surface area (Å²) in [5.41, 5.74) is 1.27. The average Bonchev–Trinajstić information content (AvgIpc) is 2.32. The summed E-state index contributed by atoms with van der Waals surface area (Å²) in [6.07, 6.45) is 4.23. The largest absolute Gasteiger partial charge is 0.353 e. The van der Waals surface area contributed by atoms with Gasteiger partial charge in [-0.1, -0.05) is 30.3 Å². The van der Waals surface area contributed by atoms with Gasteiger partial charge in [-0.25, -0.2) is 0 Å². The second-order valence-electron chi connectivity index (χ2n) is 3.79. The van der Waals surface area contributed by atoms with E-state index in [1.54, 1.807) is 0 Å². The van der Waals surface area contributed by atoms with Crippen molar-refractivity contribution in [2.75, 3.05) is 6.61 Å². The van der Waals surface area contributed by atoms with Gasteiger partial charge in [-0.05, 0) is 24.8 Å². The highest BCUT2D eigenvalue weighted by Gasteiger charge is 2.13. The number of hydrogen-bond donors (Lipinski definition) is 0. The molecule has 1 heterocycles. The van der Waals surface area contributed by atoms with Crippen LogP contribution < -0.4 is 0 Å². The van der Waals surface area contributed by atoms with Crippen molar-refractivity contribution in [1.29, 1.82) is 0 Å². The summed E-state index contributed by atoms with van der Waals surface area (Å²) in [5.74, 6) is 0. The highest BCUT2D eigenvalue weighted by atomic mass is 16.7. The summed E-state index contributed by atoms with van der Waals surface area (Å²) in [7, 11) is 0. The molecule has 2 rings (SSSR count). The first kappa shape index (κ1) is 10.7. The van der Waals surface area contributed by atoms with Gasteiger partial charge < -0.3 is 9.47 Å². The molecule has 0 spiro atoms. The van der Waals surface area contributed by atoms with E-state index in [4.69, 9.17) is 9.47 Å². The third kappa shape index (κ3) is 3.65. The summed E-state index contributed by atoms with van der Waals surface area (Å²) >= 11 is 0. The fourth-order valence-electron chi connectivity index (χ4n) is 1.68. The van der Waals surface area contributed by atoms with Crippen LogP contribution in [0.3, 0.4) is 0 Å². The predicted octanol–water partition coefficient (Wildman–Crippen LogP) is 2.93. The molecular formula is C13H17O2. The highest BCUT2D eigenvalue weighted by Crippen LogP contribution is 2.15. The topological polar surface area (TPSA) is 18.5 Å². The van der Waals surface area contributed by atoms with Gasteiger partial charge in [0.05, 0.1) is 6.61 Å². The van der Waals surface area contributed by atoms with Crippen LogP contribution >= 0.6 is 0 Å². The minimum Gasteiger partial charge on any atom is -0.353 e. The van der Waals surface area contributed by atoms with Crippen LogP contribution in [0.1, 0.15) is 24.8 Å². The predicted molar refractivity (Wildman–Crippen MR) is 59.1 cm³/mol. The van der Waals surface area contributed by atoms with Crippen LogP contribution in [0.4, 0.5) is 0 Å². The van der Waals surface area contributed by atoms with E-state index in [0.29, 0.717) is 0 Å². The zero-order chi connectivity index (χ0) is 10.3. The summed E-state index contributed by atoms with van der Waals surface area (Å²) < 4.78 is 11.0. The maximum atomic E-state index is 5.54. The Bertz CT molecular complexity index is 265. The van der Waals surface area contributed by atoms with Crippen LogP contribution in [-0.2, 0) is 15.9 Å². The Hall–Kier alpha value is -0.860. The first-order valence-corrected chi connectivity index (χ1v) is 5.58. The first-order chi connectivity index (χ1) is 7.45. The van der Waals surface area contributed by atoms with Crippen LogP contribution in [0, 0.1) is 6.61 Å². The fraction of sp³-hybridized carbons (Fsp3) is 0.462. The Morgan fingerprint density at radius 3 is 2.87 bits per heavy atom. The molecule has 0 bridgehead atoms. The fourth-order valence-corrected chi connectivity index (χ4v) is 1.68. The van der Waals surface area contributed by atoms with Crippen LogP contribution in [0.15, 0.2) is 30.3 Å². The lowest BCUT2D eigenvalue weighted by Crippen LogP contribution is -2.21. The zero-order valence-electron chi connectivity index (χ0n) is 8.89. The molecule has 1 aromatic rings. The quantitative estimate of drug-likeness (QED) is 0.752. The van der Waals surface area contributed by atoms with E-state index in [1.807, 2.05) is 24.8 Å². The molecule has 0 N–H and O–H groups in total. The van der Waals surface area contributed by atoms with Gasteiger partial charge in [0.2, 0.25) is 0 Å². The molecular weight excluding hydrogens is 188 g/mol. The summed E-state index contributed by atoms with van der Waals surface area (Å²) in [6.45, 7) is 2.69. The third-order valence-electron chi connectivity index (χ3n) is 2.55. The van der Waals surface area contributed by atoms with E-state index < -0.39 is 0 Å². The second-order valence-corrected chi connectivity index (χ2v) is 3.79. The third-order valence-corrected chi connectivity index (χ3v) is 2.55. The van der Waals surface area contributed by atoms with Crippen molar-refractivity contribution in [1.82, 2.24) is 0 Å². The van der Waals surface area contributed by atoms with Crippen LogP contribution in [0.5, 0.6) is 0 Å². The van der Waals surface area contributed by atoms with Gasteiger partial charge in [-0.3, -0.25) is 0 Å². The van der Waals surface area contributed by atoms with Crippen molar-refractivity contribution in [2.45, 2.75) is 32.0 Å². The molecule has 0 saturated carbocycles. The summed E-state index contributed by atoms with van der Waals surface area (Å²) in [4.78, 5) is 0. The number of ether oxygens (including phenoxy) is 2. The molecule has 1 atom stereocenters. The molecule has 81 valence electrons. The molecule has 1 aliphatic heterocycles. The monoisotopic (exact) mass is 205 g/mol. The lowest BCUT2D eigenvalue weighted by atomic mass is 10.2. The van der Waals surface area contributed by atoms with Crippen LogP contribution in [0.25, 0.3) is 0 Å². The van der Waals surface area contributed by atoms with Gasteiger partial charge in [0, 0.05) is 13.0 Å². The Morgan fingerprint density at radius 1 is 1.27 bits per heavy atom. The number of benzene rings is 1. The van der Waals surface area contributed by atoms with E-state index in [-0.39, 0.29) is 6.29 Å². The Labute approximate surface area is 91.2 Å². The van der Waals surface area contributed by atoms with E-state index >= 15 is 0 Å². The molecule has 1 fully saturated rings. The minimum atomic E-state index is -0.0116. The normalized spacial score (nSPS) is 21.5. The van der Waals surface area contributed by atoms with E-state index in [1.165, 1.54) is 18.4 Å². The van der Waals surface area contributed by atoms with Gasteiger partial charge in [0.25, 0.3) is 0 Å². The lowest BCUT2D eigenvalue weighted by molar-refractivity contribution is -0.143. The van der Waals surface area contributed by atoms with Crippen molar-refractivity contribution in [3.8, 4) is 0 Å². The Morgan fingerprint density at radius 2 is 2.13 bits per heavy atom. The van der Waals surface area contributed by atoms with E-state index in [9.17, 15) is 0 Å². The molecule has 0 amide bonds. The molecule has 1 unspecified atom stereocenters. The molecule has 1 aromatic carbocycles. The van der Waals surface area contributed by atoms with Gasteiger partial charge in [0.1, 0.15) is 0 Å². The van der Waals surface area contributed by atoms with Crippen LogP contribution in [0.2, 0.25) is 0 Å². The first-order valence-electron chi connectivity index (χ1n) is 5.58. The molecule has 15 heavy (non-hydrogen) atoms. The molecule has 1 aliphatic rings. The molecule has 2 nitrogen and oxygen atoms in total. The average molecular weight is 205 g/mol. The van der Waals surface area contributed by atoms with Crippen molar-refractivity contribution in [3.63, 3.8) is 0 Å². The van der Waals surface area contributed by atoms with Crippen molar-refractivity contribution >= 4 is 0 Å². The van der Waals surface area contributed by atoms with Crippen molar-refractivity contribution in [2.24, 2.45) is 0 Å². The highest BCUT2D eigenvalue weighted by molar-refractivity contribution is 5.15. The minimum absolute atomic E-state index is 0.0116. The molecule has 0 aliphatic carbocycles. The number of hydrogen-bond acceptors (Lipinski definition) is 2. The molecule has 0 aromatic heterocycles. The Balaban J connectivity index is 1.66. The maximum absolute atomic E-state index is 5.54. The maximum Gasteiger partial charge on any atom is 0.158 e. The van der Waals surface area contributed by atoms with Gasteiger partial charge in [0.15, 0.2) is 6.29 Å². The SMILES string of the molecule is [CH](Cc1ccccc1)OC1CCCCO1. The van der Waals surface area contributed by atoms with Crippen molar-refractivity contribution in [3.05, 3.63) is 42.5 Å². The lowest BCUT2D eigenvalue weighted by Gasteiger charge is -2.22. The summed E-state index contributed by atoms with van der Waals surface area (Å²) in [5, 5.41) is 0. The van der Waals surface area contributed by atoms with E-state index in [0.717, 1.165) is 19.4 Å². The number of rotatable bonds is 4. The molecule has 2 heteroatoms. The summed E-state index contributed by atoms with van der Waals surface area (Å²) in [6, 6.07) is 10.3. The van der Waals surface area contributed by atoms with Gasteiger partial charge in [-0.2, -0.15) is 0 Å². The second kappa shape index (κ2) is 5.89.